The van der Waals surface area contributed by atoms with Gasteiger partial charge in [-0.2, -0.15) is 4.57 Å². The molecule has 1 aromatic heterocycles. The van der Waals surface area contributed by atoms with Crippen LogP contribution in [0.3, 0.4) is 0 Å². The Morgan fingerprint density at radius 1 is 0.406 bits per heavy atom. The van der Waals surface area contributed by atoms with E-state index in [0.29, 0.717) is 0 Å². The molecule has 0 saturated heterocycles. The van der Waals surface area contributed by atoms with Gasteiger partial charge in [0.15, 0.2) is 6.54 Å². The summed E-state index contributed by atoms with van der Waals surface area (Å²) >= 11 is 0. The summed E-state index contributed by atoms with van der Waals surface area (Å²) in [5.74, 6) is 0. The molecule has 0 amide bonds. The molecule has 0 bridgehead atoms. The third-order valence-electron chi connectivity index (χ3n) is 5.80. The number of nitrogens with zero attached hydrogens (tertiary/aromatic N) is 1. The highest BCUT2D eigenvalue weighted by Crippen LogP contribution is 2.25. The predicted molar refractivity (Wildman–Crippen MR) is 132 cm³/mol. The summed E-state index contributed by atoms with van der Waals surface area (Å²) < 4.78 is 2.45. The minimum absolute atomic E-state index is 0.820. The van der Waals surface area contributed by atoms with E-state index < -0.39 is 0 Å². The molecule has 0 saturated carbocycles. The average molecular weight is 413 g/mol. The summed E-state index contributed by atoms with van der Waals surface area (Å²) in [6, 6.07) is 47.6. The summed E-state index contributed by atoms with van der Waals surface area (Å²) in [5, 5.41) is 0. The topological polar surface area (TPSA) is 3.88 Å². The van der Waals surface area contributed by atoms with Crippen molar-refractivity contribution in [1.29, 1.82) is 0 Å². The zero-order valence-corrected chi connectivity index (χ0v) is 18.1. The molecule has 0 radical (unpaired) electrons. The number of pyridine rings is 1. The third-order valence-corrected chi connectivity index (χ3v) is 5.80. The maximum atomic E-state index is 2.45. The van der Waals surface area contributed by atoms with Crippen molar-refractivity contribution in [3.8, 4) is 22.5 Å². The van der Waals surface area contributed by atoms with E-state index in [0.717, 1.165) is 13.0 Å². The first-order valence-electron chi connectivity index (χ1n) is 11.1. The Bertz CT molecular complexity index is 1220. The normalized spacial score (nSPS) is 10.8. The first kappa shape index (κ1) is 20.0. The van der Waals surface area contributed by atoms with Gasteiger partial charge in [-0.3, -0.25) is 0 Å². The van der Waals surface area contributed by atoms with E-state index in [-0.39, 0.29) is 0 Å². The lowest BCUT2D eigenvalue weighted by atomic mass is 9.98. The molecule has 1 heterocycles. The van der Waals surface area contributed by atoms with Gasteiger partial charge in [0.25, 0.3) is 0 Å². The summed E-state index contributed by atoms with van der Waals surface area (Å²) in [6.45, 7) is 0.820. The Kier molecular flexibility index (Phi) is 5.89. The van der Waals surface area contributed by atoms with Gasteiger partial charge in [0, 0.05) is 28.8 Å². The first-order chi connectivity index (χ1) is 15.9. The maximum absolute atomic E-state index is 2.45. The molecule has 0 spiro atoms. The van der Waals surface area contributed by atoms with Crippen molar-refractivity contribution in [3.05, 3.63) is 150 Å². The summed E-state index contributed by atoms with van der Waals surface area (Å²) in [5.41, 5.74) is 8.88. The van der Waals surface area contributed by atoms with E-state index >= 15 is 0 Å². The zero-order chi connectivity index (χ0) is 21.6. The van der Waals surface area contributed by atoms with Crippen LogP contribution in [0.1, 0.15) is 16.7 Å². The van der Waals surface area contributed by atoms with E-state index in [9.17, 15) is 0 Å². The second kappa shape index (κ2) is 9.45. The molecule has 0 aliphatic heterocycles. The fraction of sp³-hybridized carbons (Fsp3) is 0.0645. The molecule has 32 heavy (non-hydrogen) atoms. The summed E-state index contributed by atoms with van der Waals surface area (Å²) in [7, 11) is 0. The molecule has 1 nitrogen and oxygen atoms in total. The van der Waals surface area contributed by atoms with Crippen LogP contribution in [0.25, 0.3) is 22.5 Å². The van der Waals surface area contributed by atoms with Crippen molar-refractivity contribution in [3.63, 3.8) is 0 Å². The predicted octanol–water partition coefficient (Wildman–Crippen LogP) is 6.95. The molecule has 5 aromatic rings. The van der Waals surface area contributed by atoms with Crippen molar-refractivity contribution in [2.45, 2.75) is 13.0 Å². The van der Waals surface area contributed by atoms with Gasteiger partial charge in [0.1, 0.15) is 0 Å². The van der Waals surface area contributed by atoms with Gasteiger partial charge in [-0.25, -0.2) is 0 Å². The van der Waals surface area contributed by atoms with Crippen LogP contribution in [0.5, 0.6) is 0 Å². The molecular formula is C31H26N+. The molecule has 0 fully saturated rings. The molecule has 1 heteroatoms. The fourth-order valence-electron chi connectivity index (χ4n) is 4.24. The highest BCUT2D eigenvalue weighted by molar-refractivity contribution is 5.63. The van der Waals surface area contributed by atoms with Crippen molar-refractivity contribution in [2.24, 2.45) is 0 Å². The van der Waals surface area contributed by atoms with Crippen LogP contribution in [0.4, 0.5) is 0 Å². The summed E-state index contributed by atoms with van der Waals surface area (Å²) in [6.07, 6.45) is 0.909. The lowest BCUT2D eigenvalue weighted by Crippen LogP contribution is -2.39. The Labute approximate surface area is 190 Å². The van der Waals surface area contributed by atoms with Gasteiger partial charge in [-0.1, -0.05) is 97.1 Å². The molecule has 0 unspecified atom stereocenters. The highest BCUT2D eigenvalue weighted by atomic mass is 15.0. The highest BCUT2D eigenvalue weighted by Gasteiger charge is 2.22. The third kappa shape index (κ3) is 4.53. The molecule has 4 aromatic carbocycles. The minimum atomic E-state index is 0.820. The Balaban J connectivity index is 1.72. The molecule has 0 atom stereocenters. The van der Waals surface area contributed by atoms with Crippen LogP contribution in [-0.2, 0) is 13.0 Å². The Morgan fingerprint density at radius 3 is 1.28 bits per heavy atom. The molecule has 0 aliphatic carbocycles. The number of aromatic nitrogens is 1. The second-order valence-electron chi connectivity index (χ2n) is 8.10. The van der Waals surface area contributed by atoms with Gasteiger partial charge in [-0.15, -0.1) is 0 Å². The molecule has 5 rings (SSSR count). The zero-order valence-electron chi connectivity index (χ0n) is 18.1. The molecule has 0 aliphatic rings. The molecule has 0 N–H and O–H groups in total. The van der Waals surface area contributed by atoms with Crippen LogP contribution >= 0.6 is 0 Å². The standard InChI is InChI=1S/C31H26N/c1-5-13-25(14-6-1)21-27-22-30(28-17-9-3-10-18-28)32(24-26-15-7-2-8-16-26)31(23-27)29-19-11-4-12-20-29/h1-20,22-23H,21,24H2/q+1. The van der Waals surface area contributed by atoms with Crippen molar-refractivity contribution in [1.82, 2.24) is 0 Å². The largest absolute Gasteiger partial charge is 0.213 e. The lowest BCUT2D eigenvalue weighted by Gasteiger charge is -2.13. The van der Waals surface area contributed by atoms with Crippen molar-refractivity contribution in [2.75, 3.05) is 0 Å². The van der Waals surface area contributed by atoms with Crippen LogP contribution in [-0.4, -0.2) is 0 Å². The molecule has 154 valence electrons. The van der Waals surface area contributed by atoms with E-state index in [2.05, 4.69) is 138 Å². The van der Waals surface area contributed by atoms with Gasteiger partial charge in [-0.05, 0) is 41.8 Å². The van der Waals surface area contributed by atoms with Crippen LogP contribution in [0.2, 0.25) is 0 Å². The smallest absolute Gasteiger partial charge is 0.187 e. The number of benzene rings is 4. The Hall–Kier alpha value is -3.97. The van der Waals surface area contributed by atoms with Gasteiger partial charge in [0.05, 0.1) is 0 Å². The van der Waals surface area contributed by atoms with Crippen molar-refractivity contribution < 1.29 is 4.57 Å². The Morgan fingerprint density at radius 2 is 0.812 bits per heavy atom. The minimum Gasteiger partial charge on any atom is -0.187 e. The van der Waals surface area contributed by atoms with Crippen LogP contribution < -0.4 is 4.57 Å². The van der Waals surface area contributed by atoms with Crippen molar-refractivity contribution >= 4 is 0 Å². The summed E-state index contributed by atoms with van der Waals surface area (Å²) in [4.78, 5) is 0. The van der Waals surface area contributed by atoms with Gasteiger partial charge >= 0.3 is 0 Å². The van der Waals surface area contributed by atoms with E-state index in [4.69, 9.17) is 0 Å². The SMILES string of the molecule is c1ccc(Cc2cc(-c3ccccc3)[n+](Cc3ccccc3)c(-c3ccccc3)c2)cc1. The lowest BCUT2D eigenvalue weighted by molar-refractivity contribution is -0.666. The van der Waals surface area contributed by atoms with Gasteiger partial charge < -0.3 is 0 Å². The number of rotatable bonds is 6. The second-order valence-corrected chi connectivity index (χ2v) is 8.10. The molecular weight excluding hydrogens is 386 g/mol. The van der Waals surface area contributed by atoms with E-state index in [1.165, 1.54) is 39.2 Å². The monoisotopic (exact) mass is 412 g/mol. The average Bonchev–Trinajstić information content (AvgIpc) is 2.87. The van der Waals surface area contributed by atoms with Gasteiger partial charge in [0.2, 0.25) is 11.4 Å². The maximum Gasteiger partial charge on any atom is 0.213 e. The van der Waals surface area contributed by atoms with E-state index in [1.54, 1.807) is 0 Å². The quantitative estimate of drug-likeness (QED) is 0.266. The number of hydrogen-bond donors (Lipinski definition) is 0. The fourth-order valence-corrected chi connectivity index (χ4v) is 4.24. The first-order valence-corrected chi connectivity index (χ1v) is 11.1. The van der Waals surface area contributed by atoms with E-state index in [1.807, 2.05) is 0 Å². The number of hydrogen-bond acceptors (Lipinski definition) is 0. The van der Waals surface area contributed by atoms with Crippen LogP contribution in [0.15, 0.2) is 133 Å². The van der Waals surface area contributed by atoms with Crippen LogP contribution in [0, 0.1) is 0 Å².